The van der Waals surface area contributed by atoms with E-state index in [2.05, 4.69) is 49.0 Å². The molecular formula is C18H29N3. The van der Waals surface area contributed by atoms with E-state index < -0.39 is 0 Å². The van der Waals surface area contributed by atoms with Crippen LogP contribution < -0.4 is 5.32 Å². The largest absolute Gasteiger partial charge is 0.308 e. The monoisotopic (exact) mass is 287 g/mol. The van der Waals surface area contributed by atoms with Crippen LogP contribution in [0.4, 0.5) is 0 Å². The Morgan fingerprint density at radius 1 is 1.38 bits per heavy atom. The Kier molecular flexibility index (Phi) is 4.06. The van der Waals surface area contributed by atoms with E-state index in [9.17, 15) is 0 Å². The molecule has 1 saturated heterocycles. The van der Waals surface area contributed by atoms with Crippen LogP contribution in [-0.4, -0.2) is 34.6 Å². The van der Waals surface area contributed by atoms with Crippen molar-refractivity contribution in [3.63, 3.8) is 0 Å². The van der Waals surface area contributed by atoms with Crippen molar-refractivity contribution >= 4 is 0 Å². The van der Waals surface area contributed by atoms with Gasteiger partial charge in [-0.2, -0.15) is 0 Å². The summed E-state index contributed by atoms with van der Waals surface area (Å²) < 4.78 is 0. The fourth-order valence-electron chi connectivity index (χ4n) is 3.82. The molecule has 2 atom stereocenters. The molecule has 1 aromatic rings. The van der Waals surface area contributed by atoms with Gasteiger partial charge < -0.3 is 5.32 Å². The third-order valence-corrected chi connectivity index (χ3v) is 5.28. The van der Waals surface area contributed by atoms with Gasteiger partial charge >= 0.3 is 0 Å². The molecule has 116 valence electrons. The predicted molar refractivity (Wildman–Crippen MR) is 87.1 cm³/mol. The first-order valence-electron chi connectivity index (χ1n) is 8.37. The molecule has 3 nitrogen and oxygen atoms in total. The lowest BCUT2D eigenvalue weighted by Gasteiger charge is -2.48. The highest BCUT2D eigenvalue weighted by molar-refractivity contribution is 5.17. The fourth-order valence-corrected chi connectivity index (χ4v) is 3.82. The Morgan fingerprint density at radius 2 is 2.14 bits per heavy atom. The maximum absolute atomic E-state index is 4.36. The molecule has 1 aliphatic heterocycles. The number of nitrogens with zero attached hydrogens (tertiary/aromatic N) is 2. The van der Waals surface area contributed by atoms with Gasteiger partial charge in [0.05, 0.1) is 0 Å². The Hall–Kier alpha value is -0.930. The van der Waals surface area contributed by atoms with Crippen LogP contribution in [0.3, 0.4) is 0 Å². The number of nitrogens with one attached hydrogen (secondary N) is 1. The van der Waals surface area contributed by atoms with Crippen LogP contribution in [0.1, 0.15) is 44.7 Å². The Bertz CT molecular complexity index is 495. The quantitative estimate of drug-likeness (QED) is 0.923. The molecule has 0 aromatic carbocycles. The van der Waals surface area contributed by atoms with Crippen molar-refractivity contribution in [3.8, 4) is 0 Å². The van der Waals surface area contributed by atoms with Crippen molar-refractivity contribution in [1.82, 2.24) is 15.2 Å². The van der Waals surface area contributed by atoms with Crippen LogP contribution in [-0.2, 0) is 6.54 Å². The molecule has 0 radical (unpaired) electrons. The van der Waals surface area contributed by atoms with E-state index in [0.717, 1.165) is 25.6 Å². The van der Waals surface area contributed by atoms with Crippen LogP contribution in [0.2, 0.25) is 0 Å². The Labute approximate surface area is 129 Å². The summed E-state index contributed by atoms with van der Waals surface area (Å²) in [6, 6.07) is 2.90. The minimum absolute atomic E-state index is 0.308. The minimum atomic E-state index is 0.308. The maximum atomic E-state index is 4.36. The SMILES string of the molecule is Cc1cncc(CN2CC(C)(C3CC3)NCC2C(C)C)c1. The Morgan fingerprint density at radius 3 is 2.76 bits per heavy atom. The molecule has 1 aromatic heterocycles. The zero-order valence-electron chi connectivity index (χ0n) is 13.9. The minimum Gasteiger partial charge on any atom is -0.308 e. The fraction of sp³-hybridized carbons (Fsp3) is 0.722. The molecule has 1 aliphatic carbocycles. The average Bonchev–Trinajstić information content (AvgIpc) is 3.23. The van der Waals surface area contributed by atoms with Gasteiger partial charge in [0, 0.05) is 43.6 Å². The summed E-state index contributed by atoms with van der Waals surface area (Å²) in [5, 5.41) is 3.86. The van der Waals surface area contributed by atoms with Crippen molar-refractivity contribution in [1.29, 1.82) is 0 Å². The zero-order chi connectivity index (χ0) is 15.0. The molecule has 2 fully saturated rings. The standard InChI is InChI=1S/C18H29N3/c1-13(2)17-10-20-18(4,16-5-6-16)12-21(17)11-15-7-14(3)8-19-9-15/h7-9,13,16-17,20H,5-6,10-12H2,1-4H3. The second kappa shape index (κ2) is 5.69. The lowest BCUT2D eigenvalue weighted by molar-refractivity contribution is 0.0461. The van der Waals surface area contributed by atoms with E-state index in [4.69, 9.17) is 0 Å². The molecule has 3 heteroatoms. The van der Waals surface area contributed by atoms with E-state index in [1.165, 1.54) is 24.0 Å². The molecule has 0 spiro atoms. The summed E-state index contributed by atoms with van der Waals surface area (Å²) in [7, 11) is 0. The summed E-state index contributed by atoms with van der Waals surface area (Å²) in [6.45, 7) is 12.5. The number of rotatable bonds is 4. The van der Waals surface area contributed by atoms with Crippen molar-refractivity contribution < 1.29 is 0 Å². The average molecular weight is 287 g/mol. The second-order valence-corrected chi connectivity index (χ2v) is 7.66. The van der Waals surface area contributed by atoms with Gasteiger partial charge in [0.15, 0.2) is 0 Å². The van der Waals surface area contributed by atoms with Crippen molar-refractivity contribution in [2.24, 2.45) is 11.8 Å². The van der Waals surface area contributed by atoms with Crippen molar-refractivity contribution in [2.75, 3.05) is 13.1 Å². The molecule has 1 N–H and O–H groups in total. The lowest BCUT2D eigenvalue weighted by Crippen LogP contribution is -2.64. The number of hydrogen-bond donors (Lipinski definition) is 1. The van der Waals surface area contributed by atoms with Gasteiger partial charge in [0.2, 0.25) is 0 Å². The number of pyridine rings is 1. The normalized spacial score (nSPS) is 30.8. The number of hydrogen-bond acceptors (Lipinski definition) is 3. The van der Waals surface area contributed by atoms with Gasteiger partial charge in [-0.1, -0.05) is 19.9 Å². The topological polar surface area (TPSA) is 28.2 Å². The van der Waals surface area contributed by atoms with Gasteiger partial charge in [-0.3, -0.25) is 9.88 Å². The van der Waals surface area contributed by atoms with Crippen LogP contribution in [0.5, 0.6) is 0 Å². The van der Waals surface area contributed by atoms with E-state index in [-0.39, 0.29) is 0 Å². The van der Waals surface area contributed by atoms with E-state index in [0.29, 0.717) is 17.5 Å². The summed E-state index contributed by atoms with van der Waals surface area (Å²) >= 11 is 0. The first kappa shape index (κ1) is 15.0. The van der Waals surface area contributed by atoms with Gasteiger partial charge in [-0.15, -0.1) is 0 Å². The highest BCUT2D eigenvalue weighted by Gasteiger charge is 2.46. The van der Waals surface area contributed by atoms with Crippen LogP contribution in [0, 0.1) is 18.8 Å². The summed E-state index contributed by atoms with van der Waals surface area (Å²) in [6.07, 6.45) is 6.77. The Balaban J connectivity index is 1.77. The first-order valence-corrected chi connectivity index (χ1v) is 8.37. The molecule has 2 heterocycles. The van der Waals surface area contributed by atoms with Crippen LogP contribution in [0.15, 0.2) is 18.5 Å². The number of aryl methyl sites for hydroxylation is 1. The maximum Gasteiger partial charge on any atom is 0.0313 e. The third-order valence-electron chi connectivity index (χ3n) is 5.28. The summed E-state index contributed by atoms with van der Waals surface area (Å²) in [5.41, 5.74) is 2.91. The number of aromatic nitrogens is 1. The smallest absolute Gasteiger partial charge is 0.0313 e. The lowest BCUT2D eigenvalue weighted by atomic mass is 9.88. The molecule has 0 bridgehead atoms. The van der Waals surface area contributed by atoms with Gasteiger partial charge in [-0.05, 0) is 49.7 Å². The molecule has 1 saturated carbocycles. The van der Waals surface area contributed by atoms with Crippen LogP contribution in [0.25, 0.3) is 0 Å². The highest BCUT2D eigenvalue weighted by Crippen LogP contribution is 2.42. The van der Waals surface area contributed by atoms with Crippen LogP contribution >= 0.6 is 0 Å². The van der Waals surface area contributed by atoms with Crippen molar-refractivity contribution in [2.45, 2.75) is 58.7 Å². The molecule has 3 rings (SSSR count). The summed E-state index contributed by atoms with van der Waals surface area (Å²) in [4.78, 5) is 7.05. The van der Waals surface area contributed by atoms with E-state index >= 15 is 0 Å². The van der Waals surface area contributed by atoms with Gasteiger partial charge in [-0.25, -0.2) is 0 Å². The predicted octanol–water partition coefficient (Wildman–Crippen LogP) is 2.99. The zero-order valence-corrected chi connectivity index (χ0v) is 13.9. The molecule has 2 aliphatic rings. The first-order chi connectivity index (χ1) is 9.98. The molecule has 2 unspecified atom stereocenters. The van der Waals surface area contributed by atoms with Crippen molar-refractivity contribution in [3.05, 3.63) is 29.6 Å². The third kappa shape index (κ3) is 3.29. The van der Waals surface area contributed by atoms with E-state index in [1.54, 1.807) is 0 Å². The molecule has 0 amide bonds. The second-order valence-electron chi connectivity index (χ2n) is 7.66. The van der Waals surface area contributed by atoms with Gasteiger partial charge in [0.1, 0.15) is 0 Å². The summed E-state index contributed by atoms with van der Waals surface area (Å²) in [5.74, 6) is 1.56. The number of piperazine rings is 1. The molecule has 21 heavy (non-hydrogen) atoms. The molecular weight excluding hydrogens is 258 g/mol. The van der Waals surface area contributed by atoms with E-state index in [1.807, 2.05) is 12.4 Å². The van der Waals surface area contributed by atoms with Gasteiger partial charge in [0.25, 0.3) is 0 Å². The highest BCUT2D eigenvalue weighted by atomic mass is 15.3.